The quantitative estimate of drug-likeness (QED) is 0.896. The number of nitrogens with zero attached hydrogens (tertiary/aromatic N) is 1. The molecule has 0 fully saturated rings. The van der Waals surface area contributed by atoms with Crippen molar-refractivity contribution in [1.29, 1.82) is 0 Å². The van der Waals surface area contributed by atoms with Crippen LogP contribution in [0.25, 0.3) is 0 Å². The molecule has 8 heteroatoms. The van der Waals surface area contributed by atoms with E-state index in [9.17, 15) is 18.4 Å². The maximum atomic E-state index is 12.1. The number of aromatic carboxylic acids is 1. The van der Waals surface area contributed by atoms with E-state index in [4.69, 9.17) is 16.7 Å². The summed E-state index contributed by atoms with van der Waals surface area (Å²) < 4.78 is 24.2. The molecule has 0 aliphatic carbocycles. The molecule has 0 aromatic heterocycles. The maximum absolute atomic E-state index is 12.1. The van der Waals surface area contributed by atoms with Gasteiger partial charge in [-0.05, 0) is 18.2 Å². The number of carboxylic acids is 1. The Morgan fingerprint density at radius 1 is 1.47 bits per heavy atom. The number of amides is 2. The molecule has 2 N–H and O–H groups in total. The van der Waals surface area contributed by atoms with Gasteiger partial charge in [0, 0.05) is 12.7 Å². The molecule has 0 unspecified atom stereocenters. The highest BCUT2D eigenvalue weighted by Gasteiger charge is 2.15. The predicted octanol–water partition coefficient (Wildman–Crippen LogP) is 2.77. The summed E-state index contributed by atoms with van der Waals surface area (Å²) in [6.07, 6.45) is -2.64. The highest BCUT2D eigenvalue weighted by atomic mass is 35.5. The standard InChI is InChI=1S/C11H11ClF2N2O3/c1-16(5-9(13)14)11(19)15-6-2-3-8(12)7(4-6)10(17)18/h2-4,9H,5H2,1H3,(H,15,19)(H,17,18). The van der Waals surface area contributed by atoms with Gasteiger partial charge in [-0.15, -0.1) is 0 Å². The first-order chi connectivity index (χ1) is 8.81. The normalized spacial score (nSPS) is 10.4. The second kappa shape index (κ2) is 6.33. The maximum Gasteiger partial charge on any atom is 0.337 e. The van der Waals surface area contributed by atoms with E-state index in [1.165, 1.54) is 19.2 Å². The molecule has 0 aliphatic heterocycles. The highest BCUT2D eigenvalue weighted by Crippen LogP contribution is 2.20. The molecule has 0 atom stereocenters. The Hall–Kier alpha value is -1.89. The van der Waals surface area contributed by atoms with Crippen LogP contribution in [0.4, 0.5) is 19.3 Å². The molecular weight excluding hydrogens is 282 g/mol. The average Bonchev–Trinajstić information content (AvgIpc) is 2.30. The van der Waals surface area contributed by atoms with Crippen LogP contribution >= 0.6 is 11.6 Å². The molecule has 5 nitrogen and oxygen atoms in total. The minimum atomic E-state index is -2.64. The van der Waals surface area contributed by atoms with Crippen molar-refractivity contribution in [2.45, 2.75) is 6.43 Å². The fourth-order valence-electron chi connectivity index (χ4n) is 1.28. The molecule has 1 aromatic rings. The third kappa shape index (κ3) is 4.36. The number of benzene rings is 1. The number of halogens is 3. The lowest BCUT2D eigenvalue weighted by atomic mass is 10.2. The largest absolute Gasteiger partial charge is 0.478 e. The van der Waals surface area contributed by atoms with Crippen molar-refractivity contribution in [3.05, 3.63) is 28.8 Å². The van der Waals surface area contributed by atoms with Gasteiger partial charge >= 0.3 is 12.0 Å². The third-order valence-corrected chi connectivity index (χ3v) is 2.54. The summed E-state index contributed by atoms with van der Waals surface area (Å²) in [5.74, 6) is -1.25. The molecule has 2 amide bonds. The molecule has 1 rings (SSSR count). The molecule has 1 aromatic carbocycles. The molecular formula is C11H11ClF2N2O3. The Kier molecular flexibility index (Phi) is 5.05. The van der Waals surface area contributed by atoms with Gasteiger partial charge in [0.2, 0.25) is 0 Å². The lowest BCUT2D eigenvalue weighted by Gasteiger charge is -2.17. The summed E-state index contributed by atoms with van der Waals surface area (Å²) in [5, 5.41) is 11.2. The number of anilines is 1. The lowest BCUT2D eigenvalue weighted by molar-refractivity contribution is 0.0697. The van der Waals surface area contributed by atoms with Gasteiger partial charge in [-0.25, -0.2) is 18.4 Å². The van der Waals surface area contributed by atoms with Crippen molar-refractivity contribution < 1.29 is 23.5 Å². The van der Waals surface area contributed by atoms with Crippen LogP contribution in [0, 0.1) is 0 Å². The van der Waals surface area contributed by atoms with Gasteiger partial charge in [0.05, 0.1) is 17.1 Å². The Labute approximate surface area is 112 Å². The monoisotopic (exact) mass is 292 g/mol. The number of alkyl halides is 2. The number of urea groups is 1. The number of hydrogen-bond acceptors (Lipinski definition) is 2. The van der Waals surface area contributed by atoms with Crippen molar-refractivity contribution >= 4 is 29.3 Å². The minimum absolute atomic E-state index is 0.0198. The first-order valence-electron chi connectivity index (χ1n) is 5.14. The summed E-state index contributed by atoms with van der Waals surface area (Å²) in [6, 6.07) is 3.06. The Morgan fingerprint density at radius 3 is 2.63 bits per heavy atom. The molecule has 19 heavy (non-hydrogen) atoms. The van der Waals surface area contributed by atoms with Crippen LogP contribution in [0.15, 0.2) is 18.2 Å². The van der Waals surface area contributed by atoms with E-state index < -0.39 is 25.0 Å². The van der Waals surface area contributed by atoms with Crippen LogP contribution in [0.2, 0.25) is 5.02 Å². The molecule has 0 aliphatic rings. The van der Waals surface area contributed by atoms with E-state index in [-0.39, 0.29) is 16.3 Å². The van der Waals surface area contributed by atoms with Crippen LogP contribution in [-0.2, 0) is 0 Å². The minimum Gasteiger partial charge on any atom is -0.478 e. The van der Waals surface area contributed by atoms with Gasteiger partial charge in [0.15, 0.2) is 0 Å². The van der Waals surface area contributed by atoms with E-state index >= 15 is 0 Å². The van der Waals surface area contributed by atoms with E-state index in [1.807, 2.05) is 0 Å². The summed E-state index contributed by atoms with van der Waals surface area (Å²) in [7, 11) is 1.20. The molecule has 0 bridgehead atoms. The predicted molar refractivity (Wildman–Crippen MR) is 66.1 cm³/mol. The summed E-state index contributed by atoms with van der Waals surface area (Å²) >= 11 is 5.66. The summed E-state index contributed by atoms with van der Waals surface area (Å²) in [6.45, 7) is -0.717. The Balaban J connectivity index is 2.80. The van der Waals surface area contributed by atoms with Gasteiger partial charge in [-0.1, -0.05) is 11.6 Å². The molecule has 0 saturated carbocycles. The van der Waals surface area contributed by atoms with Crippen LogP contribution < -0.4 is 5.32 Å². The fraction of sp³-hybridized carbons (Fsp3) is 0.273. The van der Waals surface area contributed by atoms with E-state index in [2.05, 4.69) is 5.32 Å². The zero-order valence-electron chi connectivity index (χ0n) is 9.86. The van der Waals surface area contributed by atoms with Crippen molar-refractivity contribution in [1.82, 2.24) is 4.90 Å². The number of carboxylic acid groups (broad SMARTS) is 1. The first-order valence-corrected chi connectivity index (χ1v) is 5.52. The van der Waals surface area contributed by atoms with E-state index in [0.29, 0.717) is 0 Å². The smallest absolute Gasteiger partial charge is 0.337 e. The zero-order chi connectivity index (χ0) is 14.6. The van der Waals surface area contributed by atoms with Gasteiger partial charge < -0.3 is 15.3 Å². The van der Waals surface area contributed by atoms with Crippen molar-refractivity contribution in [3.8, 4) is 0 Å². The van der Waals surface area contributed by atoms with Crippen LogP contribution in [0.3, 0.4) is 0 Å². The molecule has 0 heterocycles. The summed E-state index contributed by atoms with van der Waals surface area (Å²) in [5.41, 5.74) is -0.0242. The van der Waals surface area contributed by atoms with Crippen molar-refractivity contribution in [2.24, 2.45) is 0 Å². The summed E-state index contributed by atoms with van der Waals surface area (Å²) in [4.78, 5) is 23.1. The van der Waals surface area contributed by atoms with Crippen molar-refractivity contribution in [3.63, 3.8) is 0 Å². The number of rotatable bonds is 4. The van der Waals surface area contributed by atoms with Crippen LogP contribution in [0.5, 0.6) is 0 Å². The van der Waals surface area contributed by atoms with Gasteiger partial charge in [-0.3, -0.25) is 0 Å². The second-order valence-corrected chi connectivity index (χ2v) is 4.11. The van der Waals surface area contributed by atoms with E-state index in [1.54, 1.807) is 0 Å². The lowest BCUT2D eigenvalue weighted by Crippen LogP contribution is -2.34. The molecule has 104 valence electrons. The average molecular weight is 293 g/mol. The topological polar surface area (TPSA) is 69.6 Å². The zero-order valence-corrected chi connectivity index (χ0v) is 10.6. The number of carbonyl (C=O) groups is 2. The molecule has 0 spiro atoms. The molecule has 0 saturated heterocycles. The highest BCUT2D eigenvalue weighted by molar-refractivity contribution is 6.33. The second-order valence-electron chi connectivity index (χ2n) is 3.70. The van der Waals surface area contributed by atoms with E-state index in [0.717, 1.165) is 11.0 Å². The van der Waals surface area contributed by atoms with Gasteiger partial charge in [-0.2, -0.15) is 0 Å². The number of nitrogens with one attached hydrogen (secondary N) is 1. The number of carbonyl (C=O) groups excluding carboxylic acids is 1. The molecule has 0 radical (unpaired) electrons. The first kappa shape index (κ1) is 15.2. The van der Waals surface area contributed by atoms with Crippen LogP contribution in [-0.4, -0.2) is 42.0 Å². The van der Waals surface area contributed by atoms with Crippen molar-refractivity contribution in [2.75, 3.05) is 18.9 Å². The third-order valence-electron chi connectivity index (χ3n) is 2.21. The van der Waals surface area contributed by atoms with Gasteiger partial charge in [0.25, 0.3) is 6.43 Å². The number of hydrogen-bond donors (Lipinski definition) is 2. The Bertz CT molecular complexity index is 497. The van der Waals surface area contributed by atoms with Crippen LogP contribution in [0.1, 0.15) is 10.4 Å². The Morgan fingerprint density at radius 2 is 2.11 bits per heavy atom. The SMILES string of the molecule is CN(CC(F)F)C(=O)Nc1ccc(Cl)c(C(=O)O)c1. The fourth-order valence-corrected chi connectivity index (χ4v) is 1.47. The van der Waals surface area contributed by atoms with Gasteiger partial charge in [0.1, 0.15) is 0 Å².